The molecule has 0 aliphatic carbocycles. The van der Waals surface area contributed by atoms with Crippen LogP contribution < -0.4 is 10.1 Å². The van der Waals surface area contributed by atoms with Crippen LogP contribution in [-0.4, -0.2) is 31.5 Å². The fourth-order valence-electron chi connectivity index (χ4n) is 3.31. The first-order chi connectivity index (χ1) is 12.3. The van der Waals surface area contributed by atoms with Crippen molar-refractivity contribution in [3.8, 4) is 5.75 Å². The molecule has 1 heterocycles. The summed E-state index contributed by atoms with van der Waals surface area (Å²) in [4.78, 5) is 0. The van der Waals surface area contributed by atoms with Gasteiger partial charge < -0.3 is 19.9 Å². The van der Waals surface area contributed by atoms with Crippen LogP contribution in [0.5, 0.6) is 5.75 Å². The standard InChI is InChI=1S/C21H27NO3/c23-14-4-13-22-21(11-15-24-16-12-21)19-7-9-20(10-8-19)25-17-18-5-2-1-3-6-18/h1-3,5-10,22-23H,4,11-17H2. The third-order valence-corrected chi connectivity index (χ3v) is 4.80. The average Bonchev–Trinajstić information content (AvgIpc) is 2.68. The predicted octanol–water partition coefficient (Wildman–Crippen LogP) is 3.24. The summed E-state index contributed by atoms with van der Waals surface area (Å²) in [6, 6.07) is 18.6. The number of rotatable bonds is 8. The molecule has 2 aromatic carbocycles. The van der Waals surface area contributed by atoms with Gasteiger partial charge in [0.25, 0.3) is 0 Å². The Labute approximate surface area is 149 Å². The Morgan fingerprint density at radius 3 is 2.40 bits per heavy atom. The number of benzene rings is 2. The van der Waals surface area contributed by atoms with Crippen molar-refractivity contribution in [1.29, 1.82) is 0 Å². The highest BCUT2D eigenvalue weighted by atomic mass is 16.5. The van der Waals surface area contributed by atoms with Gasteiger partial charge in [-0.05, 0) is 49.1 Å². The number of nitrogens with one attached hydrogen (secondary N) is 1. The number of hydrogen-bond donors (Lipinski definition) is 2. The van der Waals surface area contributed by atoms with E-state index in [1.165, 1.54) is 5.56 Å². The maximum atomic E-state index is 9.06. The zero-order valence-corrected chi connectivity index (χ0v) is 14.6. The van der Waals surface area contributed by atoms with E-state index in [0.717, 1.165) is 50.3 Å². The second kappa shape index (κ2) is 8.99. The summed E-state index contributed by atoms with van der Waals surface area (Å²) in [5.41, 5.74) is 2.37. The first-order valence-electron chi connectivity index (χ1n) is 9.03. The molecule has 0 aromatic heterocycles. The van der Waals surface area contributed by atoms with E-state index >= 15 is 0 Å². The summed E-state index contributed by atoms with van der Waals surface area (Å²) in [6.45, 7) is 3.12. The van der Waals surface area contributed by atoms with Crippen LogP contribution in [0, 0.1) is 0 Å². The largest absolute Gasteiger partial charge is 0.489 e. The second-order valence-electron chi connectivity index (χ2n) is 6.50. The number of hydrogen-bond acceptors (Lipinski definition) is 4. The molecule has 0 spiro atoms. The maximum absolute atomic E-state index is 9.06. The maximum Gasteiger partial charge on any atom is 0.119 e. The van der Waals surface area contributed by atoms with Crippen molar-refractivity contribution in [1.82, 2.24) is 5.32 Å². The highest BCUT2D eigenvalue weighted by molar-refractivity contribution is 5.32. The Hall–Kier alpha value is -1.88. The Balaban J connectivity index is 1.66. The van der Waals surface area contributed by atoms with Gasteiger partial charge in [0.05, 0.1) is 0 Å². The normalized spacial score (nSPS) is 16.5. The van der Waals surface area contributed by atoms with Crippen LogP contribution in [0.25, 0.3) is 0 Å². The molecule has 1 aliphatic rings. The molecule has 2 N–H and O–H groups in total. The SMILES string of the molecule is OCCCNC1(c2ccc(OCc3ccccc3)cc2)CCOCC1. The quantitative estimate of drug-likeness (QED) is 0.724. The Kier molecular flexibility index (Phi) is 6.45. The van der Waals surface area contributed by atoms with E-state index in [-0.39, 0.29) is 12.1 Å². The van der Waals surface area contributed by atoms with Crippen LogP contribution >= 0.6 is 0 Å². The molecular weight excluding hydrogens is 314 g/mol. The molecule has 2 aromatic rings. The molecule has 0 bridgehead atoms. The average molecular weight is 341 g/mol. The van der Waals surface area contributed by atoms with Gasteiger partial charge in [-0.3, -0.25) is 0 Å². The number of aliphatic hydroxyl groups is 1. The van der Waals surface area contributed by atoms with Crippen LogP contribution in [-0.2, 0) is 16.9 Å². The molecule has 0 saturated carbocycles. The minimum atomic E-state index is -0.0641. The van der Waals surface area contributed by atoms with Crippen molar-refractivity contribution in [2.75, 3.05) is 26.4 Å². The van der Waals surface area contributed by atoms with Gasteiger partial charge in [0.15, 0.2) is 0 Å². The topological polar surface area (TPSA) is 50.7 Å². The molecule has 0 atom stereocenters. The fourth-order valence-corrected chi connectivity index (χ4v) is 3.31. The Morgan fingerprint density at radius 1 is 1.00 bits per heavy atom. The van der Waals surface area contributed by atoms with Crippen molar-refractivity contribution < 1.29 is 14.6 Å². The predicted molar refractivity (Wildman–Crippen MR) is 98.7 cm³/mol. The van der Waals surface area contributed by atoms with Crippen LogP contribution in [0.3, 0.4) is 0 Å². The molecular formula is C21H27NO3. The van der Waals surface area contributed by atoms with Crippen LogP contribution in [0.1, 0.15) is 30.4 Å². The molecule has 4 nitrogen and oxygen atoms in total. The molecule has 1 fully saturated rings. The van der Waals surface area contributed by atoms with Gasteiger partial charge in [-0.1, -0.05) is 42.5 Å². The molecule has 1 saturated heterocycles. The summed E-state index contributed by atoms with van der Waals surface area (Å²) < 4.78 is 11.4. The van der Waals surface area contributed by atoms with Crippen LogP contribution in [0.15, 0.2) is 54.6 Å². The van der Waals surface area contributed by atoms with Gasteiger partial charge in [-0.2, -0.15) is 0 Å². The smallest absolute Gasteiger partial charge is 0.119 e. The monoisotopic (exact) mass is 341 g/mol. The lowest BCUT2D eigenvalue weighted by Gasteiger charge is -2.39. The van der Waals surface area contributed by atoms with Crippen molar-refractivity contribution in [3.63, 3.8) is 0 Å². The third-order valence-electron chi connectivity index (χ3n) is 4.80. The van der Waals surface area contributed by atoms with E-state index < -0.39 is 0 Å². The summed E-state index contributed by atoms with van der Waals surface area (Å²) in [6.07, 6.45) is 2.66. The fraction of sp³-hybridized carbons (Fsp3) is 0.429. The Morgan fingerprint density at radius 2 is 1.72 bits per heavy atom. The molecule has 0 amide bonds. The lowest BCUT2D eigenvalue weighted by Crippen LogP contribution is -2.47. The molecule has 0 radical (unpaired) electrons. The molecule has 3 rings (SSSR count). The summed E-state index contributed by atoms with van der Waals surface area (Å²) in [7, 11) is 0. The minimum absolute atomic E-state index is 0.0641. The Bertz CT molecular complexity index is 621. The number of ether oxygens (including phenoxy) is 2. The molecule has 134 valence electrons. The van der Waals surface area contributed by atoms with Crippen molar-refractivity contribution >= 4 is 0 Å². The van der Waals surface area contributed by atoms with E-state index in [9.17, 15) is 0 Å². The second-order valence-corrected chi connectivity index (χ2v) is 6.50. The summed E-state index contributed by atoms with van der Waals surface area (Å²) >= 11 is 0. The van der Waals surface area contributed by atoms with Gasteiger partial charge in [-0.15, -0.1) is 0 Å². The highest BCUT2D eigenvalue weighted by Gasteiger charge is 2.33. The molecule has 1 aliphatic heterocycles. The first-order valence-corrected chi connectivity index (χ1v) is 9.03. The van der Waals surface area contributed by atoms with Gasteiger partial charge >= 0.3 is 0 Å². The van der Waals surface area contributed by atoms with Gasteiger partial charge in [0, 0.05) is 25.4 Å². The number of aliphatic hydroxyl groups excluding tert-OH is 1. The van der Waals surface area contributed by atoms with Gasteiger partial charge in [0.1, 0.15) is 12.4 Å². The van der Waals surface area contributed by atoms with Crippen molar-refractivity contribution in [2.45, 2.75) is 31.4 Å². The zero-order chi connectivity index (χ0) is 17.4. The van der Waals surface area contributed by atoms with E-state index in [1.807, 2.05) is 30.3 Å². The highest BCUT2D eigenvalue weighted by Crippen LogP contribution is 2.33. The van der Waals surface area contributed by atoms with Crippen LogP contribution in [0.2, 0.25) is 0 Å². The summed E-state index contributed by atoms with van der Waals surface area (Å²) in [5.74, 6) is 0.880. The third kappa shape index (κ3) is 4.82. The molecule has 25 heavy (non-hydrogen) atoms. The zero-order valence-electron chi connectivity index (χ0n) is 14.6. The molecule has 4 heteroatoms. The van der Waals surface area contributed by atoms with Crippen LogP contribution in [0.4, 0.5) is 0 Å². The lowest BCUT2D eigenvalue weighted by molar-refractivity contribution is 0.0361. The van der Waals surface area contributed by atoms with E-state index in [1.54, 1.807) is 0 Å². The van der Waals surface area contributed by atoms with Gasteiger partial charge in [-0.25, -0.2) is 0 Å². The molecule has 0 unspecified atom stereocenters. The van der Waals surface area contributed by atoms with E-state index in [0.29, 0.717) is 6.61 Å². The first kappa shape index (κ1) is 17.9. The van der Waals surface area contributed by atoms with E-state index in [2.05, 4.69) is 29.6 Å². The van der Waals surface area contributed by atoms with E-state index in [4.69, 9.17) is 14.6 Å². The van der Waals surface area contributed by atoms with Gasteiger partial charge in [0.2, 0.25) is 0 Å². The summed E-state index contributed by atoms with van der Waals surface area (Å²) in [5, 5.41) is 12.7. The van der Waals surface area contributed by atoms with Crippen molar-refractivity contribution in [2.24, 2.45) is 0 Å². The minimum Gasteiger partial charge on any atom is -0.489 e. The lowest BCUT2D eigenvalue weighted by atomic mass is 9.82. The van der Waals surface area contributed by atoms with Crippen molar-refractivity contribution in [3.05, 3.63) is 65.7 Å².